The molecule has 1 fully saturated rings. The normalized spacial score (nSPS) is 23.2. The van der Waals surface area contributed by atoms with E-state index in [1.54, 1.807) is 0 Å². The Labute approximate surface area is 118 Å². The predicted octanol–water partition coefficient (Wildman–Crippen LogP) is 3.05. The van der Waals surface area contributed by atoms with Gasteiger partial charge >= 0.3 is 0 Å². The standard InChI is InChI=1S/C13H15BrF2N2O/c1-7-2-3-17-11(4-7)13(19)18-12-9(14)5-8(15)6-10(12)16/h5-7,11,17H,2-4H2,1H3,(H,18,19). The molecule has 3 nitrogen and oxygen atoms in total. The maximum atomic E-state index is 13.6. The van der Waals surface area contributed by atoms with Gasteiger partial charge in [0.2, 0.25) is 5.91 Å². The molecule has 19 heavy (non-hydrogen) atoms. The highest BCUT2D eigenvalue weighted by atomic mass is 79.9. The van der Waals surface area contributed by atoms with Gasteiger partial charge in [-0.25, -0.2) is 8.78 Å². The fourth-order valence-corrected chi connectivity index (χ4v) is 2.69. The summed E-state index contributed by atoms with van der Waals surface area (Å²) in [5, 5.41) is 5.60. The number of rotatable bonds is 2. The van der Waals surface area contributed by atoms with Crippen LogP contribution in [0.25, 0.3) is 0 Å². The Morgan fingerprint density at radius 3 is 2.84 bits per heavy atom. The Kier molecular flexibility index (Phi) is 4.52. The zero-order chi connectivity index (χ0) is 14.0. The maximum Gasteiger partial charge on any atom is 0.241 e. The molecule has 1 heterocycles. The van der Waals surface area contributed by atoms with Crippen molar-refractivity contribution in [3.05, 3.63) is 28.2 Å². The molecule has 1 amide bonds. The van der Waals surface area contributed by atoms with Crippen LogP contribution < -0.4 is 10.6 Å². The van der Waals surface area contributed by atoms with Crippen LogP contribution in [0.3, 0.4) is 0 Å². The Hall–Kier alpha value is -1.01. The summed E-state index contributed by atoms with van der Waals surface area (Å²) in [7, 11) is 0. The third kappa shape index (κ3) is 3.51. The van der Waals surface area contributed by atoms with Gasteiger partial charge in [0.25, 0.3) is 0 Å². The first kappa shape index (κ1) is 14.4. The molecule has 1 aromatic rings. The van der Waals surface area contributed by atoms with Crippen LogP contribution in [0.4, 0.5) is 14.5 Å². The lowest BCUT2D eigenvalue weighted by Crippen LogP contribution is -2.45. The van der Waals surface area contributed by atoms with E-state index in [2.05, 4.69) is 33.5 Å². The van der Waals surface area contributed by atoms with Crippen LogP contribution in [0.2, 0.25) is 0 Å². The molecule has 2 unspecified atom stereocenters. The highest BCUT2D eigenvalue weighted by Gasteiger charge is 2.25. The van der Waals surface area contributed by atoms with Crippen molar-refractivity contribution in [2.75, 3.05) is 11.9 Å². The minimum atomic E-state index is -0.788. The molecule has 1 saturated heterocycles. The fraction of sp³-hybridized carbons (Fsp3) is 0.462. The van der Waals surface area contributed by atoms with Crippen molar-refractivity contribution in [1.29, 1.82) is 0 Å². The highest BCUT2D eigenvalue weighted by Crippen LogP contribution is 2.27. The zero-order valence-electron chi connectivity index (χ0n) is 10.5. The van der Waals surface area contributed by atoms with E-state index < -0.39 is 11.6 Å². The molecule has 6 heteroatoms. The summed E-state index contributed by atoms with van der Waals surface area (Å²) < 4.78 is 26.8. The molecule has 1 aliphatic rings. The van der Waals surface area contributed by atoms with Gasteiger partial charge in [0.05, 0.1) is 11.7 Å². The van der Waals surface area contributed by atoms with Gasteiger partial charge in [-0.1, -0.05) is 6.92 Å². The number of amides is 1. The summed E-state index contributed by atoms with van der Waals surface area (Å²) in [6.45, 7) is 2.85. The van der Waals surface area contributed by atoms with Gasteiger partial charge in [0.1, 0.15) is 5.82 Å². The Bertz CT molecular complexity index is 473. The number of nitrogens with one attached hydrogen (secondary N) is 2. The van der Waals surface area contributed by atoms with E-state index in [0.29, 0.717) is 12.3 Å². The van der Waals surface area contributed by atoms with Gasteiger partial charge in [-0.3, -0.25) is 4.79 Å². The summed E-state index contributed by atoms with van der Waals surface area (Å²) in [6.07, 6.45) is 1.74. The minimum Gasteiger partial charge on any atom is -0.321 e. The smallest absolute Gasteiger partial charge is 0.241 e. The lowest BCUT2D eigenvalue weighted by Gasteiger charge is -2.27. The molecule has 2 N–H and O–H groups in total. The van der Waals surface area contributed by atoms with Crippen molar-refractivity contribution in [3.63, 3.8) is 0 Å². The van der Waals surface area contributed by atoms with Crippen LogP contribution >= 0.6 is 15.9 Å². The van der Waals surface area contributed by atoms with Crippen molar-refractivity contribution < 1.29 is 13.6 Å². The molecule has 0 radical (unpaired) electrons. The number of carbonyl (C=O) groups is 1. The third-order valence-corrected chi connectivity index (χ3v) is 3.86. The molecule has 1 aromatic carbocycles. The number of benzene rings is 1. The second-order valence-corrected chi connectivity index (χ2v) is 5.72. The van der Waals surface area contributed by atoms with Gasteiger partial charge < -0.3 is 10.6 Å². The number of anilines is 1. The Morgan fingerprint density at radius 1 is 1.47 bits per heavy atom. The number of carbonyl (C=O) groups excluding carboxylic acids is 1. The first-order chi connectivity index (χ1) is 8.97. The summed E-state index contributed by atoms with van der Waals surface area (Å²) in [6, 6.07) is 1.53. The average molecular weight is 333 g/mol. The molecule has 0 bridgehead atoms. The van der Waals surface area contributed by atoms with E-state index in [1.807, 2.05) is 0 Å². The molecule has 0 aliphatic carbocycles. The molecule has 2 atom stereocenters. The summed E-state index contributed by atoms with van der Waals surface area (Å²) in [5.74, 6) is -1.31. The molecule has 0 saturated carbocycles. The molecular weight excluding hydrogens is 318 g/mol. The quantitative estimate of drug-likeness (QED) is 0.873. The van der Waals surface area contributed by atoms with Gasteiger partial charge in [-0.2, -0.15) is 0 Å². The Balaban J connectivity index is 2.10. The molecule has 0 spiro atoms. The van der Waals surface area contributed by atoms with Crippen molar-refractivity contribution in [1.82, 2.24) is 5.32 Å². The largest absolute Gasteiger partial charge is 0.321 e. The van der Waals surface area contributed by atoms with Gasteiger partial charge in [-0.05, 0) is 47.3 Å². The van der Waals surface area contributed by atoms with Crippen molar-refractivity contribution in [2.24, 2.45) is 5.92 Å². The van der Waals surface area contributed by atoms with Crippen LogP contribution in [-0.4, -0.2) is 18.5 Å². The van der Waals surface area contributed by atoms with Crippen LogP contribution in [0.5, 0.6) is 0 Å². The zero-order valence-corrected chi connectivity index (χ0v) is 12.1. The van der Waals surface area contributed by atoms with E-state index in [4.69, 9.17) is 0 Å². The van der Waals surface area contributed by atoms with E-state index in [1.165, 1.54) is 0 Å². The van der Waals surface area contributed by atoms with Crippen LogP contribution in [0, 0.1) is 17.6 Å². The molecule has 2 rings (SSSR count). The van der Waals surface area contributed by atoms with Gasteiger partial charge in [0, 0.05) is 10.5 Å². The fourth-order valence-electron chi connectivity index (χ4n) is 2.18. The average Bonchev–Trinajstić information content (AvgIpc) is 2.33. The molecule has 104 valence electrons. The number of piperidine rings is 1. The number of halogens is 3. The summed E-state index contributed by atoms with van der Waals surface area (Å²) >= 11 is 3.05. The van der Waals surface area contributed by atoms with Crippen molar-refractivity contribution >= 4 is 27.5 Å². The maximum absolute atomic E-state index is 13.6. The van der Waals surface area contributed by atoms with Crippen LogP contribution in [0.15, 0.2) is 16.6 Å². The SMILES string of the molecule is CC1CCNC(C(=O)Nc2c(F)cc(F)cc2Br)C1. The summed E-state index contributed by atoms with van der Waals surface area (Å²) in [4.78, 5) is 12.0. The van der Waals surface area contributed by atoms with E-state index >= 15 is 0 Å². The van der Waals surface area contributed by atoms with Gasteiger partial charge in [-0.15, -0.1) is 0 Å². The second kappa shape index (κ2) is 5.96. The lowest BCUT2D eigenvalue weighted by atomic mass is 9.94. The van der Waals surface area contributed by atoms with Crippen LogP contribution in [0.1, 0.15) is 19.8 Å². The number of hydrogen-bond donors (Lipinski definition) is 2. The highest BCUT2D eigenvalue weighted by molar-refractivity contribution is 9.10. The first-order valence-electron chi connectivity index (χ1n) is 6.16. The molecule has 1 aliphatic heterocycles. The minimum absolute atomic E-state index is 0.0218. The van der Waals surface area contributed by atoms with Crippen molar-refractivity contribution in [3.8, 4) is 0 Å². The lowest BCUT2D eigenvalue weighted by molar-refractivity contribution is -0.119. The number of hydrogen-bond acceptors (Lipinski definition) is 2. The van der Waals surface area contributed by atoms with Gasteiger partial charge in [0.15, 0.2) is 5.82 Å². The second-order valence-electron chi connectivity index (χ2n) is 4.87. The van der Waals surface area contributed by atoms with E-state index in [-0.39, 0.29) is 22.1 Å². The molecular formula is C13H15BrF2N2O. The van der Waals surface area contributed by atoms with Crippen molar-refractivity contribution in [2.45, 2.75) is 25.8 Å². The first-order valence-corrected chi connectivity index (χ1v) is 6.95. The summed E-state index contributed by atoms with van der Waals surface area (Å²) in [5.41, 5.74) is -0.0218. The topological polar surface area (TPSA) is 41.1 Å². The van der Waals surface area contributed by atoms with E-state index in [9.17, 15) is 13.6 Å². The van der Waals surface area contributed by atoms with Crippen LogP contribution in [-0.2, 0) is 4.79 Å². The van der Waals surface area contributed by atoms with E-state index in [0.717, 1.165) is 25.1 Å². The monoisotopic (exact) mass is 332 g/mol. The predicted molar refractivity (Wildman–Crippen MR) is 72.9 cm³/mol. The molecule has 0 aromatic heterocycles. The third-order valence-electron chi connectivity index (χ3n) is 3.24. The Morgan fingerprint density at radius 2 is 2.21 bits per heavy atom.